The van der Waals surface area contributed by atoms with E-state index < -0.39 is 16.1 Å². The number of nitrogens with one attached hydrogen (secondary N) is 1. The molecule has 92 valence electrons. The van der Waals surface area contributed by atoms with Crippen LogP contribution < -0.4 is 9.46 Å². The summed E-state index contributed by atoms with van der Waals surface area (Å²) in [5, 5.41) is 8.91. The molecule has 0 heterocycles. The zero-order valence-corrected chi connectivity index (χ0v) is 10.5. The largest absolute Gasteiger partial charge is 0.494 e. The van der Waals surface area contributed by atoms with Gasteiger partial charge in [-0.15, -0.1) is 0 Å². The Bertz CT molecular complexity index is 503. The van der Waals surface area contributed by atoms with Crippen LogP contribution in [0.15, 0.2) is 24.3 Å². The molecule has 17 heavy (non-hydrogen) atoms. The van der Waals surface area contributed by atoms with Gasteiger partial charge >= 0.3 is 0 Å². The lowest BCUT2D eigenvalue weighted by Crippen LogP contribution is -2.26. The second-order valence-electron chi connectivity index (χ2n) is 3.45. The first-order valence-corrected chi connectivity index (χ1v) is 6.95. The monoisotopic (exact) mass is 254 g/mol. The number of rotatable bonds is 5. The van der Waals surface area contributed by atoms with Gasteiger partial charge in [-0.3, -0.25) is 0 Å². The van der Waals surface area contributed by atoms with Crippen molar-refractivity contribution in [3.8, 4) is 11.8 Å². The zero-order valence-electron chi connectivity index (χ0n) is 9.67. The molecule has 1 aromatic rings. The minimum absolute atomic E-state index is 0.558. The lowest BCUT2D eigenvalue weighted by molar-refractivity contribution is 0.340. The second kappa shape index (κ2) is 5.66. The van der Waals surface area contributed by atoms with E-state index in [1.807, 2.05) is 13.0 Å². The average Bonchev–Trinajstić information content (AvgIpc) is 2.26. The molecule has 5 nitrogen and oxygen atoms in total. The Kier molecular flexibility index (Phi) is 4.49. The van der Waals surface area contributed by atoms with Crippen LogP contribution in [0.25, 0.3) is 0 Å². The topological polar surface area (TPSA) is 79.2 Å². The van der Waals surface area contributed by atoms with E-state index in [4.69, 9.17) is 10.00 Å². The molecule has 0 aliphatic rings. The summed E-state index contributed by atoms with van der Waals surface area (Å²) in [5.74, 6) is 0.687. The highest BCUT2D eigenvalue weighted by Gasteiger charge is 2.14. The van der Waals surface area contributed by atoms with Crippen molar-refractivity contribution in [2.24, 2.45) is 0 Å². The summed E-state index contributed by atoms with van der Waals surface area (Å²) in [4.78, 5) is 0. The van der Waals surface area contributed by atoms with Gasteiger partial charge in [-0.25, -0.2) is 8.42 Å². The molecule has 0 fully saturated rings. The standard InChI is InChI=1S/C11H14N2O3S/c1-3-16-10-6-4-9(5-7-10)11(8-12)13-17(2,14)15/h4-7,11,13H,3H2,1-2H3. The Morgan fingerprint density at radius 3 is 2.41 bits per heavy atom. The van der Waals surface area contributed by atoms with Crippen LogP contribution in [0.2, 0.25) is 0 Å². The molecule has 0 saturated heterocycles. The van der Waals surface area contributed by atoms with Crippen molar-refractivity contribution in [2.75, 3.05) is 12.9 Å². The van der Waals surface area contributed by atoms with Crippen LogP contribution in [0.5, 0.6) is 5.75 Å². The Morgan fingerprint density at radius 1 is 1.41 bits per heavy atom. The number of benzene rings is 1. The molecule has 1 N–H and O–H groups in total. The lowest BCUT2D eigenvalue weighted by atomic mass is 10.1. The summed E-state index contributed by atoms with van der Waals surface area (Å²) in [6, 6.07) is 7.75. The molecule has 0 aliphatic heterocycles. The summed E-state index contributed by atoms with van der Waals surface area (Å²) in [6.45, 7) is 2.43. The maximum atomic E-state index is 11.1. The summed E-state index contributed by atoms with van der Waals surface area (Å²) in [6.07, 6.45) is 1.02. The van der Waals surface area contributed by atoms with Gasteiger partial charge in [-0.05, 0) is 24.6 Å². The van der Waals surface area contributed by atoms with E-state index in [1.165, 1.54) is 0 Å². The Hall–Kier alpha value is -1.58. The first kappa shape index (κ1) is 13.5. The molecule has 0 aliphatic carbocycles. The van der Waals surface area contributed by atoms with Crippen LogP contribution in [0, 0.1) is 11.3 Å². The molecule has 1 unspecified atom stereocenters. The van der Waals surface area contributed by atoms with Crippen molar-refractivity contribution in [2.45, 2.75) is 13.0 Å². The third kappa shape index (κ3) is 4.43. The molecule has 0 spiro atoms. The quantitative estimate of drug-likeness (QED) is 0.856. The summed E-state index contributed by atoms with van der Waals surface area (Å²) < 4.78 is 29.6. The molecule has 0 radical (unpaired) electrons. The number of ether oxygens (including phenoxy) is 1. The maximum Gasteiger partial charge on any atom is 0.210 e. The predicted octanol–water partition coefficient (Wildman–Crippen LogP) is 1.20. The first-order chi connectivity index (χ1) is 7.96. The van der Waals surface area contributed by atoms with Crippen LogP contribution >= 0.6 is 0 Å². The molecule has 0 aromatic heterocycles. The fraction of sp³-hybridized carbons (Fsp3) is 0.364. The van der Waals surface area contributed by atoms with Crippen molar-refractivity contribution in [1.82, 2.24) is 4.72 Å². The van der Waals surface area contributed by atoms with E-state index in [0.29, 0.717) is 17.9 Å². The SMILES string of the molecule is CCOc1ccc(C(C#N)NS(C)(=O)=O)cc1. The zero-order chi connectivity index (χ0) is 12.9. The Morgan fingerprint density at radius 2 is 2.00 bits per heavy atom. The van der Waals surface area contributed by atoms with Crippen molar-refractivity contribution < 1.29 is 13.2 Å². The molecule has 6 heteroatoms. The van der Waals surface area contributed by atoms with E-state index >= 15 is 0 Å². The number of nitriles is 1. The third-order valence-electron chi connectivity index (χ3n) is 1.99. The van der Waals surface area contributed by atoms with E-state index in [-0.39, 0.29) is 0 Å². The van der Waals surface area contributed by atoms with Crippen LogP contribution in [-0.2, 0) is 10.0 Å². The highest BCUT2D eigenvalue weighted by molar-refractivity contribution is 7.88. The van der Waals surface area contributed by atoms with Crippen LogP contribution in [0.4, 0.5) is 0 Å². The summed E-state index contributed by atoms with van der Waals surface area (Å²) in [5.41, 5.74) is 0.585. The van der Waals surface area contributed by atoms with Gasteiger partial charge in [-0.1, -0.05) is 12.1 Å². The molecule has 0 bridgehead atoms. The van der Waals surface area contributed by atoms with Gasteiger partial charge in [0, 0.05) is 0 Å². The molecule has 1 atom stereocenters. The molecular weight excluding hydrogens is 240 g/mol. The van der Waals surface area contributed by atoms with E-state index in [9.17, 15) is 8.42 Å². The smallest absolute Gasteiger partial charge is 0.210 e. The highest BCUT2D eigenvalue weighted by Crippen LogP contribution is 2.17. The van der Waals surface area contributed by atoms with Crippen molar-refractivity contribution >= 4 is 10.0 Å². The fourth-order valence-corrected chi connectivity index (χ4v) is 1.92. The lowest BCUT2D eigenvalue weighted by Gasteiger charge is -2.10. The first-order valence-electron chi connectivity index (χ1n) is 5.06. The van der Waals surface area contributed by atoms with Gasteiger partial charge in [0.1, 0.15) is 11.8 Å². The van der Waals surface area contributed by atoms with Crippen LogP contribution in [0.1, 0.15) is 18.5 Å². The normalized spacial score (nSPS) is 12.8. The van der Waals surface area contributed by atoms with Crippen LogP contribution in [0.3, 0.4) is 0 Å². The van der Waals surface area contributed by atoms with E-state index in [2.05, 4.69) is 4.72 Å². The van der Waals surface area contributed by atoms with Gasteiger partial charge in [0.25, 0.3) is 0 Å². The van der Waals surface area contributed by atoms with Gasteiger partial charge in [0.2, 0.25) is 10.0 Å². The highest BCUT2D eigenvalue weighted by atomic mass is 32.2. The summed E-state index contributed by atoms with van der Waals surface area (Å²) in [7, 11) is -3.41. The molecule has 1 aromatic carbocycles. The van der Waals surface area contributed by atoms with E-state index in [1.54, 1.807) is 24.3 Å². The Balaban J connectivity index is 2.87. The van der Waals surface area contributed by atoms with Crippen molar-refractivity contribution in [1.29, 1.82) is 5.26 Å². The van der Waals surface area contributed by atoms with Gasteiger partial charge in [0.05, 0.1) is 18.9 Å². The number of sulfonamides is 1. The van der Waals surface area contributed by atoms with Gasteiger partial charge < -0.3 is 4.74 Å². The number of nitrogens with zero attached hydrogens (tertiary/aromatic N) is 1. The predicted molar refractivity (Wildman–Crippen MR) is 63.9 cm³/mol. The maximum absolute atomic E-state index is 11.1. The second-order valence-corrected chi connectivity index (χ2v) is 5.23. The summed E-state index contributed by atoms with van der Waals surface area (Å²) >= 11 is 0. The molecule has 0 amide bonds. The van der Waals surface area contributed by atoms with Gasteiger partial charge in [-0.2, -0.15) is 9.98 Å². The number of hydrogen-bond donors (Lipinski definition) is 1. The fourth-order valence-electron chi connectivity index (χ4n) is 1.31. The molecular formula is C11H14N2O3S. The van der Waals surface area contributed by atoms with Gasteiger partial charge in [0.15, 0.2) is 0 Å². The third-order valence-corrected chi connectivity index (χ3v) is 2.65. The van der Waals surface area contributed by atoms with Crippen LogP contribution in [-0.4, -0.2) is 21.3 Å². The van der Waals surface area contributed by atoms with Crippen molar-refractivity contribution in [3.05, 3.63) is 29.8 Å². The minimum atomic E-state index is -3.41. The molecule has 1 rings (SSSR count). The van der Waals surface area contributed by atoms with Crippen molar-refractivity contribution in [3.63, 3.8) is 0 Å². The van der Waals surface area contributed by atoms with E-state index in [0.717, 1.165) is 6.26 Å². The average molecular weight is 254 g/mol. The molecule has 0 saturated carbocycles. The number of hydrogen-bond acceptors (Lipinski definition) is 4. The Labute approximate surface area is 101 Å². The minimum Gasteiger partial charge on any atom is -0.494 e.